The SMILES string of the molecule is Brc1cnn(C2CCN(CC3CCCCC3)C2)c1. The van der Waals surface area contributed by atoms with Crippen LogP contribution in [0.25, 0.3) is 0 Å². The van der Waals surface area contributed by atoms with E-state index in [2.05, 4.69) is 36.8 Å². The van der Waals surface area contributed by atoms with Gasteiger partial charge in [0, 0.05) is 25.8 Å². The van der Waals surface area contributed by atoms with Gasteiger partial charge in [0.2, 0.25) is 0 Å². The van der Waals surface area contributed by atoms with Crippen LogP contribution in [0.5, 0.6) is 0 Å². The third kappa shape index (κ3) is 2.97. The second-order valence-corrected chi connectivity index (χ2v) is 6.76. The van der Waals surface area contributed by atoms with Crippen molar-refractivity contribution in [1.82, 2.24) is 14.7 Å². The smallest absolute Gasteiger partial charge is 0.0658 e. The monoisotopic (exact) mass is 311 g/mol. The number of aromatic nitrogens is 2. The first-order valence-electron chi connectivity index (χ1n) is 7.23. The zero-order valence-corrected chi connectivity index (χ0v) is 12.5. The Labute approximate surface area is 118 Å². The zero-order valence-electron chi connectivity index (χ0n) is 10.9. The lowest BCUT2D eigenvalue weighted by Gasteiger charge is -2.26. The molecule has 1 aromatic heterocycles. The highest BCUT2D eigenvalue weighted by atomic mass is 79.9. The van der Waals surface area contributed by atoms with Gasteiger partial charge in [0.15, 0.2) is 0 Å². The summed E-state index contributed by atoms with van der Waals surface area (Å²) in [7, 11) is 0. The minimum atomic E-state index is 0.583. The van der Waals surface area contributed by atoms with Crippen molar-refractivity contribution in [2.24, 2.45) is 5.92 Å². The molecule has 1 aliphatic carbocycles. The van der Waals surface area contributed by atoms with Crippen LogP contribution in [0.2, 0.25) is 0 Å². The molecule has 0 aromatic carbocycles. The maximum atomic E-state index is 4.42. The Balaban J connectivity index is 1.51. The van der Waals surface area contributed by atoms with Gasteiger partial charge < -0.3 is 4.90 Å². The van der Waals surface area contributed by atoms with Gasteiger partial charge in [-0.3, -0.25) is 4.68 Å². The summed E-state index contributed by atoms with van der Waals surface area (Å²) in [6.45, 7) is 3.75. The van der Waals surface area contributed by atoms with E-state index >= 15 is 0 Å². The molecule has 1 unspecified atom stereocenters. The van der Waals surface area contributed by atoms with Gasteiger partial charge in [0.05, 0.1) is 16.7 Å². The summed E-state index contributed by atoms with van der Waals surface area (Å²) in [6.07, 6.45) is 12.5. The molecule has 1 saturated heterocycles. The molecule has 1 aromatic rings. The highest BCUT2D eigenvalue weighted by molar-refractivity contribution is 9.10. The van der Waals surface area contributed by atoms with Crippen molar-refractivity contribution in [3.05, 3.63) is 16.9 Å². The maximum Gasteiger partial charge on any atom is 0.0658 e. The van der Waals surface area contributed by atoms with Crippen LogP contribution in [-0.2, 0) is 0 Å². The molecular formula is C14H22BrN3. The van der Waals surface area contributed by atoms with Crippen molar-refractivity contribution >= 4 is 15.9 Å². The van der Waals surface area contributed by atoms with Crippen LogP contribution in [0.15, 0.2) is 16.9 Å². The molecular weight excluding hydrogens is 290 g/mol. The molecule has 2 fully saturated rings. The Bertz CT molecular complexity index is 384. The van der Waals surface area contributed by atoms with Gasteiger partial charge in [-0.05, 0) is 41.1 Å². The number of nitrogens with zero attached hydrogens (tertiary/aromatic N) is 3. The standard InChI is InChI=1S/C14H22BrN3/c15-13-8-16-18(10-13)14-6-7-17(11-14)9-12-4-2-1-3-5-12/h8,10,12,14H,1-7,9,11H2. The Morgan fingerprint density at radius 3 is 2.78 bits per heavy atom. The van der Waals surface area contributed by atoms with Gasteiger partial charge in [0.25, 0.3) is 0 Å². The van der Waals surface area contributed by atoms with E-state index in [-0.39, 0.29) is 0 Å². The third-order valence-electron chi connectivity index (χ3n) is 4.43. The van der Waals surface area contributed by atoms with Gasteiger partial charge in [-0.1, -0.05) is 19.3 Å². The van der Waals surface area contributed by atoms with Crippen LogP contribution in [0.3, 0.4) is 0 Å². The van der Waals surface area contributed by atoms with E-state index in [1.54, 1.807) is 0 Å². The summed E-state index contributed by atoms with van der Waals surface area (Å²) in [4.78, 5) is 2.65. The Kier molecular flexibility index (Phi) is 4.04. The molecule has 3 nitrogen and oxygen atoms in total. The van der Waals surface area contributed by atoms with Gasteiger partial charge >= 0.3 is 0 Å². The summed E-state index contributed by atoms with van der Waals surface area (Å²) in [5.41, 5.74) is 0. The molecule has 2 aliphatic rings. The summed E-state index contributed by atoms with van der Waals surface area (Å²) in [5, 5.41) is 4.42. The predicted molar refractivity (Wildman–Crippen MR) is 76.6 cm³/mol. The lowest BCUT2D eigenvalue weighted by atomic mass is 9.89. The summed E-state index contributed by atoms with van der Waals surface area (Å²) >= 11 is 3.48. The molecule has 2 heterocycles. The van der Waals surface area contributed by atoms with Gasteiger partial charge in [-0.25, -0.2) is 0 Å². The number of hydrogen-bond donors (Lipinski definition) is 0. The van der Waals surface area contributed by atoms with Crippen molar-refractivity contribution in [3.8, 4) is 0 Å². The molecule has 0 amide bonds. The topological polar surface area (TPSA) is 21.1 Å². The second kappa shape index (κ2) is 5.74. The number of hydrogen-bond acceptors (Lipinski definition) is 2. The van der Waals surface area contributed by atoms with Crippen molar-refractivity contribution in [2.75, 3.05) is 19.6 Å². The lowest BCUT2D eigenvalue weighted by Crippen LogP contribution is -2.29. The van der Waals surface area contributed by atoms with Crippen LogP contribution >= 0.6 is 15.9 Å². The highest BCUT2D eigenvalue weighted by Crippen LogP contribution is 2.28. The second-order valence-electron chi connectivity index (χ2n) is 5.84. The molecule has 18 heavy (non-hydrogen) atoms. The average Bonchev–Trinajstić information content (AvgIpc) is 2.99. The molecule has 0 bridgehead atoms. The van der Waals surface area contributed by atoms with Crippen LogP contribution in [0.4, 0.5) is 0 Å². The summed E-state index contributed by atoms with van der Waals surface area (Å²) < 4.78 is 3.22. The fourth-order valence-electron chi connectivity index (χ4n) is 3.44. The maximum absolute atomic E-state index is 4.42. The van der Waals surface area contributed by atoms with Crippen molar-refractivity contribution in [2.45, 2.75) is 44.6 Å². The first kappa shape index (κ1) is 12.7. The molecule has 1 saturated carbocycles. The quantitative estimate of drug-likeness (QED) is 0.852. The van der Waals surface area contributed by atoms with Crippen LogP contribution in [0, 0.1) is 5.92 Å². The van der Waals surface area contributed by atoms with Gasteiger partial charge in [-0.2, -0.15) is 5.10 Å². The van der Waals surface area contributed by atoms with E-state index < -0.39 is 0 Å². The summed E-state index contributed by atoms with van der Waals surface area (Å²) in [5.74, 6) is 0.960. The van der Waals surface area contributed by atoms with Gasteiger partial charge in [-0.15, -0.1) is 0 Å². The average molecular weight is 312 g/mol. The van der Waals surface area contributed by atoms with E-state index in [1.165, 1.54) is 58.2 Å². The van der Waals surface area contributed by atoms with Crippen molar-refractivity contribution < 1.29 is 0 Å². The Hall–Kier alpha value is -0.350. The minimum Gasteiger partial charge on any atom is -0.301 e. The number of rotatable bonds is 3. The van der Waals surface area contributed by atoms with Gasteiger partial charge in [0.1, 0.15) is 0 Å². The Morgan fingerprint density at radius 1 is 1.22 bits per heavy atom. The van der Waals surface area contributed by atoms with Crippen LogP contribution < -0.4 is 0 Å². The first-order valence-corrected chi connectivity index (χ1v) is 8.02. The lowest BCUT2D eigenvalue weighted by molar-refractivity contribution is 0.227. The fourth-order valence-corrected chi connectivity index (χ4v) is 3.74. The third-order valence-corrected chi connectivity index (χ3v) is 4.84. The van der Waals surface area contributed by atoms with Crippen LogP contribution in [-0.4, -0.2) is 34.3 Å². The van der Waals surface area contributed by atoms with Crippen molar-refractivity contribution in [1.29, 1.82) is 0 Å². The molecule has 3 rings (SSSR count). The van der Waals surface area contributed by atoms with Crippen LogP contribution in [0.1, 0.15) is 44.6 Å². The predicted octanol–water partition coefficient (Wildman–Crippen LogP) is 3.47. The number of likely N-dealkylation sites (tertiary alicyclic amines) is 1. The minimum absolute atomic E-state index is 0.583. The summed E-state index contributed by atoms with van der Waals surface area (Å²) in [6, 6.07) is 0.583. The Morgan fingerprint density at radius 2 is 2.06 bits per heavy atom. The zero-order chi connectivity index (χ0) is 12.4. The first-order chi connectivity index (χ1) is 8.81. The van der Waals surface area contributed by atoms with E-state index in [9.17, 15) is 0 Å². The molecule has 1 aliphatic heterocycles. The van der Waals surface area contributed by atoms with Crippen molar-refractivity contribution in [3.63, 3.8) is 0 Å². The molecule has 1 atom stereocenters. The molecule has 0 radical (unpaired) electrons. The van der Waals surface area contributed by atoms with E-state index in [4.69, 9.17) is 0 Å². The molecule has 0 N–H and O–H groups in total. The molecule has 0 spiro atoms. The van der Waals surface area contributed by atoms with E-state index in [0.29, 0.717) is 6.04 Å². The normalized spacial score (nSPS) is 26.8. The molecule has 100 valence electrons. The van der Waals surface area contributed by atoms with E-state index in [0.717, 1.165) is 10.4 Å². The molecule has 4 heteroatoms. The van der Waals surface area contributed by atoms with E-state index in [1.807, 2.05) is 6.20 Å². The number of halogens is 1. The fraction of sp³-hybridized carbons (Fsp3) is 0.786. The largest absolute Gasteiger partial charge is 0.301 e. The highest BCUT2D eigenvalue weighted by Gasteiger charge is 2.26.